The average Bonchev–Trinajstić information content (AvgIpc) is 3.43. The molecule has 0 bridgehead atoms. The van der Waals surface area contributed by atoms with Gasteiger partial charge in [0.25, 0.3) is 0 Å². The second-order valence-corrected chi connectivity index (χ2v) is 16.2. The van der Waals surface area contributed by atoms with Gasteiger partial charge in [-0.05, 0) is 103 Å². The fourth-order valence-corrected chi connectivity index (χ4v) is 9.63. The van der Waals surface area contributed by atoms with Gasteiger partial charge in [0, 0.05) is 16.7 Å². The number of benzene rings is 7. The first-order valence-corrected chi connectivity index (χ1v) is 19.0. The zero-order valence-electron chi connectivity index (χ0n) is 30.8. The lowest BCUT2D eigenvalue weighted by Crippen LogP contribution is -2.31. The van der Waals surface area contributed by atoms with Gasteiger partial charge in [-0.15, -0.1) is 0 Å². The Hall–Kier alpha value is -5.92. The Morgan fingerprint density at radius 2 is 1.06 bits per heavy atom. The smallest absolute Gasteiger partial charge is 0.0540 e. The Bertz CT molecular complexity index is 2610. The van der Waals surface area contributed by atoms with Gasteiger partial charge in [0.1, 0.15) is 0 Å². The van der Waals surface area contributed by atoms with E-state index in [1.807, 2.05) is 0 Å². The highest BCUT2D eigenvalue weighted by Crippen LogP contribution is 2.56. The lowest BCUT2D eigenvalue weighted by molar-refractivity contribution is 0.395. The van der Waals surface area contributed by atoms with Crippen LogP contribution < -0.4 is 4.90 Å². The highest BCUT2D eigenvalue weighted by atomic mass is 15.2. The molecule has 0 aromatic heterocycles. The molecule has 0 saturated carbocycles. The number of anilines is 3. The van der Waals surface area contributed by atoms with E-state index in [9.17, 15) is 0 Å². The zero-order chi connectivity index (χ0) is 35.9. The Labute approximate surface area is 313 Å². The molecule has 0 radical (unpaired) electrons. The molecule has 0 amide bonds. The van der Waals surface area contributed by atoms with E-state index in [1.54, 1.807) is 0 Å². The van der Waals surface area contributed by atoms with Gasteiger partial charge in [-0.1, -0.05) is 173 Å². The number of nitrogens with zero attached hydrogens (tertiary/aromatic N) is 1. The third-order valence-corrected chi connectivity index (χ3v) is 12.6. The summed E-state index contributed by atoms with van der Waals surface area (Å²) in [7, 11) is 0. The summed E-state index contributed by atoms with van der Waals surface area (Å²) in [6.45, 7) is 9.67. The molecular weight excluding hydrogens is 639 g/mol. The molecule has 7 aromatic carbocycles. The van der Waals surface area contributed by atoms with Crippen molar-refractivity contribution < 1.29 is 0 Å². The van der Waals surface area contributed by atoms with Crippen LogP contribution in [0.15, 0.2) is 176 Å². The number of rotatable bonds is 4. The lowest BCUT2D eigenvalue weighted by Gasteiger charge is -2.43. The molecule has 0 N–H and O–H groups in total. The van der Waals surface area contributed by atoms with Gasteiger partial charge in [0.15, 0.2) is 0 Å². The number of allylic oxidation sites excluding steroid dienone is 4. The summed E-state index contributed by atoms with van der Waals surface area (Å²) >= 11 is 0. The van der Waals surface area contributed by atoms with Crippen molar-refractivity contribution >= 4 is 33.4 Å². The summed E-state index contributed by atoms with van der Waals surface area (Å²) < 4.78 is 0. The molecular formula is C52H43N. The predicted octanol–water partition coefficient (Wildman–Crippen LogP) is 13.9. The molecule has 3 aliphatic rings. The van der Waals surface area contributed by atoms with Crippen molar-refractivity contribution in [2.45, 2.75) is 44.4 Å². The van der Waals surface area contributed by atoms with Crippen molar-refractivity contribution in [2.75, 3.05) is 4.90 Å². The monoisotopic (exact) mass is 681 g/mol. The van der Waals surface area contributed by atoms with Crippen molar-refractivity contribution in [2.24, 2.45) is 5.92 Å². The summed E-state index contributed by atoms with van der Waals surface area (Å²) in [5.74, 6) is 0.848. The summed E-state index contributed by atoms with van der Waals surface area (Å²) in [4.78, 5) is 2.52. The lowest BCUT2D eigenvalue weighted by atomic mass is 9.71. The van der Waals surface area contributed by atoms with E-state index in [0.29, 0.717) is 11.8 Å². The quantitative estimate of drug-likeness (QED) is 0.179. The van der Waals surface area contributed by atoms with Gasteiger partial charge in [-0.25, -0.2) is 0 Å². The third-order valence-electron chi connectivity index (χ3n) is 12.6. The van der Waals surface area contributed by atoms with Crippen molar-refractivity contribution in [3.8, 4) is 22.3 Å². The van der Waals surface area contributed by atoms with Crippen molar-refractivity contribution in [3.63, 3.8) is 0 Å². The van der Waals surface area contributed by atoms with Crippen LogP contribution in [-0.4, -0.2) is 0 Å². The first kappa shape index (κ1) is 31.8. The van der Waals surface area contributed by atoms with Crippen LogP contribution in [0, 0.1) is 5.92 Å². The van der Waals surface area contributed by atoms with Crippen molar-refractivity contribution in [1.29, 1.82) is 0 Å². The van der Waals surface area contributed by atoms with Gasteiger partial charge >= 0.3 is 0 Å². The third kappa shape index (κ3) is 4.91. The largest absolute Gasteiger partial charge is 0.309 e. The van der Waals surface area contributed by atoms with Crippen LogP contribution in [0.3, 0.4) is 0 Å². The SMILES string of the molecule is CC1(C)c2cc(C3=CC4C(C=C3)c3ccccc3C4(C)C)ccc2N(c2cccc3ccccc23)c2ccc(-c3ccc(-c4ccccc4)cc3)cc21. The normalized spacial score (nSPS) is 18.9. The topological polar surface area (TPSA) is 3.24 Å². The fraction of sp³-hybridized carbons (Fsp3) is 0.154. The summed E-state index contributed by atoms with van der Waals surface area (Å²) in [6.07, 6.45) is 7.41. The maximum absolute atomic E-state index is 2.57. The van der Waals surface area contributed by atoms with Gasteiger partial charge in [0.2, 0.25) is 0 Å². The molecule has 53 heavy (non-hydrogen) atoms. The molecule has 256 valence electrons. The standard InChI is InChI=1S/C52H43N/c1-51(2)44-19-11-10-18-42(44)43-28-25-39(31-45(43)51)40-27-30-50-47(33-40)52(3,4)46-32-38(36-23-21-35(22-24-36)34-13-6-5-7-14-34)26-29-49(46)53(50)48-20-12-16-37-15-8-9-17-41(37)48/h5-33,43,45H,1-4H3. The minimum atomic E-state index is -0.244. The number of hydrogen-bond acceptors (Lipinski definition) is 1. The first-order valence-electron chi connectivity index (χ1n) is 19.0. The van der Waals surface area contributed by atoms with E-state index in [1.165, 1.54) is 83.5 Å². The van der Waals surface area contributed by atoms with Crippen LogP contribution in [0.5, 0.6) is 0 Å². The van der Waals surface area contributed by atoms with Crippen molar-refractivity contribution in [1.82, 2.24) is 0 Å². The second kappa shape index (κ2) is 11.8. The molecule has 0 spiro atoms. The highest BCUT2D eigenvalue weighted by molar-refractivity contribution is 6.01. The molecule has 0 fully saturated rings. The van der Waals surface area contributed by atoms with E-state index < -0.39 is 0 Å². The fourth-order valence-electron chi connectivity index (χ4n) is 9.63. The van der Waals surface area contributed by atoms with Gasteiger partial charge in [0.05, 0.1) is 17.1 Å². The maximum Gasteiger partial charge on any atom is 0.0540 e. The molecule has 1 heteroatoms. The summed E-state index contributed by atoms with van der Waals surface area (Å²) in [5.41, 5.74) is 16.7. The van der Waals surface area contributed by atoms with E-state index in [0.717, 1.165) is 0 Å². The van der Waals surface area contributed by atoms with Crippen LogP contribution in [0.4, 0.5) is 17.1 Å². The number of fused-ring (bicyclic) bond motifs is 6. The Morgan fingerprint density at radius 3 is 1.83 bits per heavy atom. The number of hydrogen-bond donors (Lipinski definition) is 0. The molecule has 1 aliphatic heterocycles. The Kier molecular flexibility index (Phi) is 7.08. The van der Waals surface area contributed by atoms with Crippen LogP contribution >= 0.6 is 0 Å². The Balaban J connectivity index is 1.12. The average molecular weight is 682 g/mol. The van der Waals surface area contributed by atoms with Crippen molar-refractivity contribution in [3.05, 3.63) is 204 Å². The van der Waals surface area contributed by atoms with E-state index >= 15 is 0 Å². The second-order valence-electron chi connectivity index (χ2n) is 16.2. The molecule has 0 saturated heterocycles. The predicted molar refractivity (Wildman–Crippen MR) is 224 cm³/mol. The summed E-state index contributed by atoms with van der Waals surface area (Å²) in [6, 6.07) is 58.5. The first-order chi connectivity index (χ1) is 25.8. The van der Waals surface area contributed by atoms with E-state index in [-0.39, 0.29) is 10.8 Å². The molecule has 1 nitrogen and oxygen atoms in total. The van der Waals surface area contributed by atoms with Crippen LogP contribution in [-0.2, 0) is 10.8 Å². The van der Waals surface area contributed by atoms with Gasteiger partial charge in [-0.3, -0.25) is 0 Å². The molecule has 2 unspecified atom stereocenters. The van der Waals surface area contributed by atoms with E-state index in [2.05, 4.69) is 209 Å². The van der Waals surface area contributed by atoms with Gasteiger partial charge in [-0.2, -0.15) is 0 Å². The van der Waals surface area contributed by atoms with E-state index in [4.69, 9.17) is 0 Å². The van der Waals surface area contributed by atoms with Crippen LogP contribution in [0.25, 0.3) is 38.6 Å². The molecule has 7 aromatic rings. The zero-order valence-corrected chi connectivity index (χ0v) is 30.8. The van der Waals surface area contributed by atoms with Gasteiger partial charge < -0.3 is 4.90 Å². The molecule has 2 aliphatic carbocycles. The molecule has 2 atom stereocenters. The maximum atomic E-state index is 2.57. The minimum Gasteiger partial charge on any atom is -0.309 e. The minimum absolute atomic E-state index is 0.0740. The van der Waals surface area contributed by atoms with Crippen LogP contribution in [0.1, 0.15) is 61.4 Å². The van der Waals surface area contributed by atoms with Crippen LogP contribution in [0.2, 0.25) is 0 Å². The molecule has 1 heterocycles. The molecule has 10 rings (SSSR count). The summed E-state index contributed by atoms with van der Waals surface area (Å²) in [5, 5.41) is 2.50. The Morgan fingerprint density at radius 1 is 0.472 bits per heavy atom. The highest BCUT2D eigenvalue weighted by Gasteiger charge is 2.45.